The first kappa shape index (κ1) is 19.0. The zero-order valence-corrected chi connectivity index (χ0v) is 15.9. The van der Waals surface area contributed by atoms with Crippen molar-refractivity contribution in [1.82, 2.24) is 24.8 Å². The molecule has 3 aromatic rings. The number of nitrogens with one attached hydrogen (secondary N) is 1. The van der Waals surface area contributed by atoms with Gasteiger partial charge in [0, 0.05) is 12.1 Å². The number of rotatable bonds is 9. The summed E-state index contributed by atoms with van der Waals surface area (Å²) >= 11 is 0. The van der Waals surface area contributed by atoms with E-state index in [0.29, 0.717) is 22.8 Å². The maximum absolute atomic E-state index is 10.2. The third-order valence-corrected chi connectivity index (χ3v) is 4.53. The number of unbranched alkanes of at least 4 members (excludes halogenated alkanes) is 1. The van der Waals surface area contributed by atoms with E-state index in [2.05, 4.69) is 44.0 Å². The van der Waals surface area contributed by atoms with Crippen molar-refractivity contribution in [3.63, 3.8) is 0 Å². The standard InChI is InChI=1S/C20H26N6O/c1-3-26(4-2)13-9-8-12-21-20-22-14-16-18(25-20)24-19(27)17(23-16)15-10-6-5-7-11-15/h5-7,10-11,14H,3-4,8-9,12-13H2,1-2H3,(H2,21,22,24,25,27). The summed E-state index contributed by atoms with van der Waals surface area (Å²) in [6.45, 7) is 8.45. The first-order valence-corrected chi connectivity index (χ1v) is 9.46. The van der Waals surface area contributed by atoms with Gasteiger partial charge in [-0.25, -0.2) is 9.97 Å². The van der Waals surface area contributed by atoms with Crippen LogP contribution in [0.5, 0.6) is 5.88 Å². The minimum Gasteiger partial charge on any atom is -0.492 e. The van der Waals surface area contributed by atoms with E-state index in [4.69, 9.17) is 0 Å². The van der Waals surface area contributed by atoms with Crippen LogP contribution >= 0.6 is 0 Å². The third-order valence-electron chi connectivity index (χ3n) is 4.53. The lowest BCUT2D eigenvalue weighted by molar-refractivity contribution is 0.298. The molecule has 7 nitrogen and oxygen atoms in total. The molecule has 2 aromatic heterocycles. The van der Waals surface area contributed by atoms with Gasteiger partial charge >= 0.3 is 0 Å². The van der Waals surface area contributed by atoms with E-state index >= 15 is 0 Å². The average molecular weight is 366 g/mol. The summed E-state index contributed by atoms with van der Waals surface area (Å²) in [5.41, 5.74) is 2.18. The highest BCUT2D eigenvalue weighted by Gasteiger charge is 2.11. The van der Waals surface area contributed by atoms with Crippen LogP contribution in [0.1, 0.15) is 26.7 Å². The predicted octanol–water partition coefficient (Wildman–Crippen LogP) is 3.33. The fourth-order valence-electron chi connectivity index (χ4n) is 2.93. The van der Waals surface area contributed by atoms with Crippen molar-refractivity contribution in [2.75, 3.05) is 31.5 Å². The van der Waals surface area contributed by atoms with Crippen molar-refractivity contribution < 1.29 is 5.11 Å². The van der Waals surface area contributed by atoms with E-state index in [9.17, 15) is 5.11 Å². The van der Waals surface area contributed by atoms with Crippen LogP contribution in [0.2, 0.25) is 0 Å². The molecule has 0 amide bonds. The van der Waals surface area contributed by atoms with Gasteiger partial charge in [-0.1, -0.05) is 44.2 Å². The van der Waals surface area contributed by atoms with Gasteiger partial charge in [0.15, 0.2) is 5.65 Å². The second kappa shape index (κ2) is 9.23. The number of nitrogens with zero attached hydrogens (tertiary/aromatic N) is 5. The van der Waals surface area contributed by atoms with Crippen LogP contribution in [0.25, 0.3) is 22.4 Å². The molecular weight excluding hydrogens is 340 g/mol. The summed E-state index contributed by atoms with van der Waals surface area (Å²) in [6.07, 6.45) is 3.81. The minimum absolute atomic E-state index is 0.127. The van der Waals surface area contributed by atoms with Crippen LogP contribution in [-0.2, 0) is 0 Å². The van der Waals surface area contributed by atoms with Crippen molar-refractivity contribution in [2.45, 2.75) is 26.7 Å². The lowest BCUT2D eigenvalue weighted by Crippen LogP contribution is -2.24. The molecule has 142 valence electrons. The molecule has 0 atom stereocenters. The molecule has 0 saturated heterocycles. The van der Waals surface area contributed by atoms with Crippen molar-refractivity contribution in [2.24, 2.45) is 0 Å². The summed E-state index contributed by atoms with van der Waals surface area (Å²) in [7, 11) is 0. The second-order valence-electron chi connectivity index (χ2n) is 6.33. The Labute approximate surface area is 159 Å². The molecule has 0 aliphatic heterocycles. The smallest absolute Gasteiger partial charge is 0.240 e. The SMILES string of the molecule is CCN(CC)CCCCNc1ncc2nc(-c3ccccc3)c(O)nc2n1. The zero-order valence-electron chi connectivity index (χ0n) is 15.9. The Morgan fingerprint density at radius 1 is 1.00 bits per heavy atom. The molecule has 0 radical (unpaired) electrons. The molecule has 1 aromatic carbocycles. The molecule has 2 N–H and O–H groups in total. The molecule has 0 spiro atoms. The number of hydrogen-bond donors (Lipinski definition) is 2. The quantitative estimate of drug-likeness (QED) is 0.562. The molecule has 0 unspecified atom stereocenters. The maximum atomic E-state index is 10.2. The summed E-state index contributed by atoms with van der Waals surface area (Å²) in [5, 5.41) is 13.5. The van der Waals surface area contributed by atoms with E-state index in [1.54, 1.807) is 6.20 Å². The summed E-state index contributed by atoms with van der Waals surface area (Å²) in [5.74, 6) is 0.379. The Kier molecular flexibility index (Phi) is 6.49. The minimum atomic E-state index is -0.127. The predicted molar refractivity (Wildman–Crippen MR) is 108 cm³/mol. The van der Waals surface area contributed by atoms with Gasteiger partial charge in [0.2, 0.25) is 11.8 Å². The normalized spacial score (nSPS) is 11.2. The first-order chi connectivity index (χ1) is 13.2. The molecule has 27 heavy (non-hydrogen) atoms. The van der Waals surface area contributed by atoms with Crippen LogP contribution in [0.15, 0.2) is 36.5 Å². The molecular formula is C20H26N6O. The van der Waals surface area contributed by atoms with Crippen LogP contribution < -0.4 is 5.32 Å². The van der Waals surface area contributed by atoms with E-state index in [-0.39, 0.29) is 5.88 Å². The van der Waals surface area contributed by atoms with E-state index < -0.39 is 0 Å². The Morgan fingerprint density at radius 3 is 2.52 bits per heavy atom. The second-order valence-corrected chi connectivity index (χ2v) is 6.33. The highest BCUT2D eigenvalue weighted by atomic mass is 16.3. The Balaban J connectivity index is 1.64. The molecule has 0 bridgehead atoms. The van der Waals surface area contributed by atoms with Gasteiger partial charge in [-0.15, -0.1) is 0 Å². The van der Waals surface area contributed by atoms with Crippen molar-refractivity contribution >= 4 is 17.1 Å². The lowest BCUT2D eigenvalue weighted by atomic mass is 10.1. The molecule has 3 rings (SSSR count). The van der Waals surface area contributed by atoms with E-state index in [1.807, 2.05) is 30.3 Å². The number of fused-ring (bicyclic) bond motifs is 1. The van der Waals surface area contributed by atoms with Crippen molar-refractivity contribution in [1.29, 1.82) is 0 Å². The van der Waals surface area contributed by atoms with Gasteiger partial charge in [0.1, 0.15) is 11.2 Å². The molecule has 0 aliphatic rings. The van der Waals surface area contributed by atoms with Gasteiger partial charge in [-0.2, -0.15) is 9.97 Å². The third kappa shape index (κ3) is 4.89. The van der Waals surface area contributed by atoms with E-state index in [1.165, 1.54) is 0 Å². The van der Waals surface area contributed by atoms with Crippen molar-refractivity contribution in [3.05, 3.63) is 36.5 Å². The van der Waals surface area contributed by atoms with Gasteiger partial charge < -0.3 is 15.3 Å². The Morgan fingerprint density at radius 2 is 1.78 bits per heavy atom. The average Bonchev–Trinajstić information content (AvgIpc) is 2.70. The number of benzene rings is 1. The topological polar surface area (TPSA) is 87.1 Å². The zero-order chi connectivity index (χ0) is 19.1. The van der Waals surface area contributed by atoms with Crippen LogP contribution in [0, 0.1) is 0 Å². The molecule has 7 heteroatoms. The molecule has 0 fully saturated rings. The number of aromatic hydroxyl groups is 1. The van der Waals surface area contributed by atoms with E-state index in [0.717, 1.165) is 44.6 Å². The molecule has 2 heterocycles. The van der Waals surface area contributed by atoms with Gasteiger partial charge in [0.25, 0.3) is 0 Å². The fraction of sp³-hybridized carbons (Fsp3) is 0.400. The van der Waals surface area contributed by atoms with Crippen molar-refractivity contribution in [3.8, 4) is 17.1 Å². The van der Waals surface area contributed by atoms with Crippen LogP contribution in [-0.4, -0.2) is 56.1 Å². The maximum Gasteiger partial charge on any atom is 0.240 e. The van der Waals surface area contributed by atoms with Gasteiger partial charge in [-0.3, -0.25) is 0 Å². The first-order valence-electron chi connectivity index (χ1n) is 9.46. The fourth-order valence-corrected chi connectivity index (χ4v) is 2.93. The number of anilines is 1. The highest BCUT2D eigenvalue weighted by Crippen LogP contribution is 2.26. The highest BCUT2D eigenvalue weighted by molar-refractivity contribution is 5.76. The lowest BCUT2D eigenvalue weighted by Gasteiger charge is -2.17. The summed E-state index contributed by atoms with van der Waals surface area (Å²) < 4.78 is 0. The largest absolute Gasteiger partial charge is 0.492 e. The monoisotopic (exact) mass is 366 g/mol. The summed E-state index contributed by atoms with van der Waals surface area (Å²) in [4.78, 5) is 19.8. The van der Waals surface area contributed by atoms with Crippen LogP contribution in [0.3, 0.4) is 0 Å². The van der Waals surface area contributed by atoms with Gasteiger partial charge in [0.05, 0.1) is 6.20 Å². The number of hydrogen-bond acceptors (Lipinski definition) is 7. The molecule has 0 aliphatic carbocycles. The molecule has 0 saturated carbocycles. The Hall–Kier alpha value is -2.80. The Bertz CT molecular complexity index is 867. The number of aromatic nitrogens is 4. The summed E-state index contributed by atoms with van der Waals surface area (Å²) in [6, 6.07) is 9.46. The van der Waals surface area contributed by atoms with Crippen LogP contribution in [0.4, 0.5) is 5.95 Å². The van der Waals surface area contributed by atoms with Gasteiger partial charge in [-0.05, 0) is 32.5 Å².